The van der Waals surface area contributed by atoms with Gasteiger partial charge >= 0.3 is 5.97 Å². The minimum absolute atomic E-state index is 0.0679. The third kappa shape index (κ3) is 2.14. The number of ether oxygens (including phenoxy) is 1. The molecular formula is C16H12O3S. The number of fused-ring (bicyclic) bond motifs is 1. The number of thiophene rings is 1. The smallest absolute Gasteiger partial charge is 0.341 e. The van der Waals surface area contributed by atoms with Crippen molar-refractivity contribution in [2.45, 2.75) is 0 Å². The SMILES string of the molecule is COC(=O)c1cc(-c2cc3ccccc3s2)ccc1O. The second-order valence-corrected chi connectivity index (χ2v) is 5.46. The van der Waals surface area contributed by atoms with Gasteiger partial charge in [-0.25, -0.2) is 4.79 Å². The monoisotopic (exact) mass is 284 g/mol. The molecule has 0 atom stereocenters. The Morgan fingerprint density at radius 1 is 1.15 bits per heavy atom. The molecule has 0 fully saturated rings. The van der Waals surface area contributed by atoms with Crippen LogP contribution >= 0.6 is 11.3 Å². The lowest BCUT2D eigenvalue weighted by Gasteiger charge is -2.04. The van der Waals surface area contributed by atoms with Crippen LogP contribution in [0.1, 0.15) is 10.4 Å². The molecule has 0 unspecified atom stereocenters. The zero-order valence-corrected chi connectivity index (χ0v) is 11.6. The van der Waals surface area contributed by atoms with Gasteiger partial charge in [0, 0.05) is 9.58 Å². The molecule has 2 aromatic carbocycles. The molecule has 20 heavy (non-hydrogen) atoms. The molecule has 3 aromatic rings. The van der Waals surface area contributed by atoms with Gasteiger partial charge in [-0.1, -0.05) is 18.2 Å². The quantitative estimate of drug-likeness (QED) is 0.722. The Kier molecular flexibility index (Phi) is 3.16. The van der Waals surface area contributed by atoms with Gasteiger partial charge in [-0.05, 0) is 41.3 Å². The van der Waals surface area contributed by atoms with Gasteiger partial charge in [0.1, 0.15) is 11.3 Å². The third-order valence-electron chi connectivity index (χ3n) is 3.11. The number of phenolic OH excluding ortho intramolecular Hbond substituents is 1. The molecule has 0 saturated carbocycles. The summed E-state index contributed by atoms with van der Waals surface area (Å²) in [6.07, 6.45) is 0. The van der Waals surface area contributed by atoms with Crippen molar-refractivity contribution in [1.82, 2.24) is 0 Å². The molecule has 1 N–H and O–H groups in total. The second-order valence-electron chi connectivity index (χ2n) is 4.37. The summed E-state index contributed by atoms with van der Waals surface area (Å²) in [5.41, 5.74) is 1.08. The number of aromatic hydroxyl groups is 1. The van der Waals surface area contributed by atoms with E-state index < -0.39 is 5.97 Å². The molecule has 0 saturated heterocycles. The second kappa shape index (κ2) is 4.98. The fourth-order valence-corrected chi connectivity index (χ4v) is 3.15. The Morgan fingerprint density at radius 3 is 2.70 bits per heavy atom. The number of carbonyl (C=O) groups excluding carboxylic acids is 1. The first-order valence-corrected chi connectivity index (χ1v) is 6.91. The van der Waals surface area contributed by atoms with E-state index >= 15 is 0 Å². The molecule has 100 valence electrons. The van der Waals surface area contributed by atoms with Crippen molar-refractivity contribution in [3.8, 4) is 16.2 Å². The zero-order chi connectivity index (χ0) is 14.1. The minimum atomic E-state index is -0.537. The molecule has 4 heteroatoms. The molecule has 1 heterocycles. The summed E-state index contributed by atoms with van der Waals surface area (Å²) in [5, 5.41) is 10.9. The van der Waals surface area contributed by atoms with Crippen molar-refractivity contribution < 1.29 is 14.6 Å². The third-order valence-corrected chi connectivity index (χ3v) is 4.28. The van der Waals surface area contributed by atoms with E-state index in [1.54, 1.807) is 23.5 Å². The molecule has 0 aliphatic carbocycles. The number of hydrogen-bond acceptors (Lipinski definition) is 4. The first-order chi connectivity index (χ1) is 9.69. The number of hydrogen-bond donors (Lipinski definition) is 1. The van der Waals surface area contributed by atoms with Gasteiger partial charge in [-0.15, -0.1) is 11.3 Å². The fraction of sp³-hybridized carbons (Fsp3) is 0.0625. The molecule has 0 bridgehead atoms. The first-order valence-electron chi connectivity index (χ1n) is 6.09. The Bertz CT molecular complexity index is 756. The number of benzene rings is 2. The lowest BCUT2D eigenvalue weighted by Crippen LogP contribution is -2.01. The van der Waals surface area contributed by atoms with E-state index in [1.165, 1.54) is 23.3 Å². The van der Waals surface area contributed by atoms with E-state index in [9.17, 15) is 9.90 Å². The van der Waals surface area contributed by atoms with E-state index in [0.717, 1.165) is 10.4 Å². The van der Waals surface area contributed by atoms with Gasteiger partial charge in [-0.3, -0.25) is 0 Å². The highest BCUT2D eigenvalue weighted by molar-refractivity contribution is 7.22. The topological polar surface area (TPSA) is 46.5 Å². The van der Waals surface area contributed by atoms with Gasteiger partial charge in [-0.2, -0.15) is 0 Å². The molecule has 3 nitrogen and oxygen atoms in total. The van der Waals surface area contributed by atoms with Crippen LogP contribution in [0.5, 0.6) is 5.75 Å². The minimum Gasteiger partial charge on any atom is -0.507 e. The molecular weight excluding hydrogens is 272 g/mol. The summed E-state index contributed by atoms with van der Waals surface area (Å²) in [5.74, 6) is -0.604. The molecule has 0 radical (unpaired) electrons. The fourth-order valence-electron chi connectivity index (χ4n) is 2.09. The van der Waals surface area contributed by atoms with Crippen LogP contribution in [0, 0.1) is 0 Å². The maximum absolute atomic E-state index is 11.6. The molecule has 0 spiro atoms. The predicted molar refractivity (Wildman–Crippen MR) is 80.3 cm³/mol. The number of rotatable bonds is 2. The molecule has 0 aliphatic rings. The van der Waals surface area contributed by atoms with Gasteiger partial charge in [0.25, 0.3) is 0 Å². The van der Waals surface area contributed by atoms with E-state index in [0.29, 0.717) is 0 Å². The molecule has 1 aromatic heterocycles. The maximum Gasteiger partial charge on any atom is 0.341 e. The Labute approximate surface area is 120 Å². The van der Waals surface area contributed by atoms with Gasteiger partial charge < -0.3 is 9.84 Å². The highest BCUT2D eigenvalue weighted by Crippen LogP contribution is 2.35. The first kappa shape index (κ1) is 12.7. The number of carbonyl (C=O) groups is 1. The normalized spacial score (nSPS) is 10.7. The van der Waals surface area contributed by atoms with E-state index in [1.807, 2.05) is 12.1 Å². The highest BCUT2D eigenvalue weighted by atomic mass is 32.1. The van der Waals surface area contributed by atoms with Gasteiger partial charge in [0.15, 0.2) is 0 Å². The van der Waals surface area contributed by atoms with Crippen LogP contribution < -0.4 is 0 Å². The van der Waals surface area contributed by atoms with Crippen LogP contribution in [-0.4, -0.2) is 18.2 Å². The standard InChI is InChI=1S/C16H12O3S/c1-19-16(18)12-8-11(6-7-13(12)17)15-9-10-4-2-3-5-14(10)20-15/h2-9,17H,1H3. The number of phenols is 1. The van der Waals surface area contributed by atoms with Crippen molar-refractivity contribution in [1.29, 1.82) is 0 Å². The highest BCUT2D eigenvalue weighted by Gasteiger charge is 2.13. The van der Waals surface area contributed by atoms with Gasteiger partial charge in [0.05, 0.1) is 7.11 Å². The van der Waals surface area contributed by atoms with Crippen LogP contribution in [0.15, 0.2) is 48.5 Å². The summed E-state index contributed by atoms with van der Waals surface area (Å²) >= 11 is 1.65. The van der Waals surface area contributed by atoms with Crippen molar-refractivity contribution in [2.24, 2.45) is 0 Å². The Morgan fingerprint density at radius 2 is 1.95 bits per heavy atom. The van der Waals surface area contributed by atoms with E-state index in [4.69, 9.17) is 0 Å². The molecule has 0 amide bonds. The summed E-state index contributed by atoms with van der Waals surface area (Å²) < 4.78 is 5.86. The van der Waals surface area contributed by atoms with E-state index in [-0.39, 0.29) is 11.3 Å². The van der Waals surface area contributed by atoms with Crippen molar-refractivity contribution in [3.63, 3.8) is 0 Å². The average molecular weight is 284 g/mol. The zero-order valence-electron chi connectivity index (χ0n) is 10.8. The van der Waals surface area contributed by atoms with Crippen LogP contribution in [0.2, 0.25) is 0 Å². The number of esters is 1. The summed E-state index contributed by atoms with van der Waals surface area (Å²) in [6.45, 7) is 0. The Hall–Kier alpha value is -2.33. The van der Waals surface area contributed by atoms with Crippen LogP contribution in [0.3, 0.4) is 0 Å². The van der Waals surface area contributed by atoms with Crippen LogP contribution in [0.25, 0.3) is 20.5 Å². The predicted octanol–water partition coefficient (Wildman–Crippen LogP) is 4.06. The maximum atomic E-state index is 11.6. The molecule has 0 aliphatic heterocycles. The van der Waals surface area contributed by atoms with Crippen molar-refractivity contribution >= 4 is 27.4 Å². The lowest BCUT2D eigenvalue weighted by atomic mass is 10.1. The summed E-state index contributed by atoms with van der Waals surface area (Å²) in [7, 11) is 1.30. The Balaban J connectivity index is 2.12. The van der Waals surface area contributed by atoms with Crippen LogP contribution in [0.4, 0.5) is 0 Å². The summed E-state index contributed by atoms with van der Waals surface area (Å²) in [4.78, 5) is 12.7. The van der Waals surface area contributed by atoms with Crippen molar-refractivity contribution in [3.05, 3.63) is 54.1 Å². The largest absolute Gasteiger partial charge is 0.507 e. The van der Waals surface area contributed by atoms with Crippen molar-refractivity contribution in [2.75, 3.05) is 7.11 Å². The molecule has 3 rings (SSSR count). The summed E-state index contributed by atoms with van der Waals surface area (Å²) in [6, 6.07) is 15.2. The number of methoxy groups -OCH3 is 1. The lowest BCUT2D eigenvalue weighted by molar-refractivity contribution is 0.0597. The van der Waals surface area contributed by atoms with E-state index in [2.05, 4.69) is 22.9 Å². The van der Waals surface area contributed by atoms with Crippen LogP contribution in [-0.2, 0) is 4.74 Å². The van der Waals surface area contributed by atoms with Gasteiger partial charge in [0.2, 0.25) is 0 Å². The average Bonchev–Trinajstić information content (AvgIpc) is 2.90.